The molecule has 0 bridgehead atoms. The van der Waals surface area contributed by atoms with Gasteiger partial charge in [-0.3, -0.25) is 9.89 Å². The number of hydrogen-bond donors (Lipinski definition) is 2. The Morgan fingerprint density at radius 1 is 1.43 bits per heavy atom. The van der Waals surface area contributed by atoms with Crippen molar-refractivity contribution in [3.63, 3.8) is 0 Å². The Balaban J connectivity index is 2.24. The van der Waals surface area contributed by atoms with Crippen molar-refractivity contribution in [2.24, 2.45) is 5.41 Å². The molecule has 2 aromatic rings. The summed E-state index contributed by atoms with van der Waals surface area (Å²) in [5, 5.41) is 9.76. The van der Waals surface area contributed by atoms with Crippen LogP contribution in [0.4, 0.5) is 14.6 Å². The Bertz CT molecular complexity index is 647. The number of rotatable bonds is 4. The lowest BCUT2D eigenvalue weighted by Crippen LogP contribution is -2.19. The van der Waals surface area contributed by atoms with E-state index in [-0.39, 0.29) is 17.1 Å². The van der Waals surface area contributed by atoms with Gasteiger partial charge in [0.2, 0.25) is 5.91 Å². The van der Waals surface area contributed by atoms with Crippen molar-refractivity contribution in [1.82, 2.24) is 10.2 Å². The van der Waals surface area contributed by atoms with E-state index in [0.29, 0.717) is 23.1 Å². The average molecular weight is 297 g/mol. The number of aromatic amines is 1. The molecular formula is C14H17F2N3O2. The molecule has 0 spiro atoms. The molecule has 0 atom stereocenters. The molecule has 1 aromatic carbocycles. The number of carbonyl (C=O) groups excluding carboxylic acids is 1. The normalized spacial score (nSPS) is 11.9. The molecule has 0 radical (unpaired) electrons. The number of anilines is 1. The summed E-state index contributed by atoms with van der Waals surface area (Å²) in [7, 11) is 0. The van der Waals surface area contributed by atoms with Gasteiger partial charge in [0.05, 0.1) is 0 Å². The molecule has 0 unspecified atom stereocenters. The highest BCUT2D eigenvalue weighted by Crippen LogP contribution is 2.30. The van der Waals surface area contributed by atoms with E-state index in [1.165, 1.54) is 6.07 Å². The number of aromatic nitrogens is 2. The SMILES string of the molecule is CC(C)(C)CC(=O)Nc1n[nH]c2c(OC(F)F)cccc12. The summed E-state index contributed by atoms with van der Waals surface area (Å²) in [6.45, 7) is 2.93. The van der Waals surface area contributed by atoms with Gasteiger partial charge in [0, 0.05) is 11.8 Å². The van der Waals surface area contributed by atoms with Crippen LogP contribution < -0.4 is 10.1 Å². The predicted octanol–water partition coefficient (Wildman–Crippen LogP) is 3.54. The maximum absolute atomic E-state index is 12.3. The number of nitrogens with zero attached hydrogens (tertiary/aromatic N) is 1. The lowest BCUT2D eigenvalue weighted by atomic mass is 9.92. The third kappa shape index (κ3) is 3.90. The summed E-state index contributed by atoms with van der Waals surface area (Å²) in [6, 6.07) is 4.65. The van der Waals surface area contributed by atoms with Crippen LogP contribution in [0, 0.1) is 5.41 Å². The fourth-order valence-corrected chi connectivity index (χ4v) is 1.96. The van der Waals surface area contributed by atoms with Crippen LogP contribution >= 0.6 is 0 Å². The molecule has 5 nitrogen and oxygen atoms in total. The standard InChI is InChI=1S/C14H17F2N3O2/c1-14(2,3)7-10(20)17-12-8-5-4-6-9(21-13(15)16)11(8)18-19-12/h4-6,13H,7H2,1-3H3,(H2,17,18,19,20). The molecule has 0 aliphatic rings. The molecule has 7 heteroatoms. The zero-order valence-corrected chi connectivity index (χ0v) is 12.0. The Hall–Kier alpha value is -2.18. The summed E-state index contributed by atoms with van der Waals surface area (Å²) in [6.07, 6.45) is 0.328. The lowest BCUT2D eigenvalue weighted by molar-refractivity contribution is -0.117. The molecule has 0 aliphatic heterocycles. The van der Waals surface area contributed by atoms with E-state index in [4.69, 9.17) is 0 Å². The van der Waals surface area contributed by atoms with Crippen LogP contribution in [0.25, 0.3) is 10.9 Å². The van der Waals surface area contributed by atoms with Crippen LogP contribution in [0.1, 0.15) is 27.2 Å². The van der Waals surface area contributed by atoms with Crippen molar-refractivity contribution in [3.05, 3.63) is 18.2 Å². The van der Waals surface area contributed by atoms with Gasteiger partial charge in [0.15, 0.2) is 11.6 Å². The van der Waals surface area contributed by atoms with Crippen LogP contribution in [0.3, 0.4) is 0 Å². The first-order chi connectivity index (χ1) is 9.76. The van der Waals surface area contributed by atoms with E-state index in [1.54, 1.807) is 12.1 Å². The molecule has 0 aliphatic carbocycles. The van der Waals surface area contributed by atoms with Crippen LogP contribution in [0.5, 0.6) is 5.75 Å². The number of H-pyrrole nitrogens is 1. The van der Waals surface area contributed by atoms with Crippen molar-refractivity contribution in [1.29, 1.82) is 0 Å². The molecule has 0 fully saturated rings. The molecule has 1 amide bonds. The highest BCUT2D eigenvalue weighted by Gasteiger charge is 2.19. The summed E-state index contributed by atoms with van der Waals surface area (Å²) in [4.78, 5) is 11.9. The molecule has 1 aromatic heterocycles. The monoisotopic (exact) mass is 297 g/mol. The van der Waals surface area contributed by atoms with Gasteiger partial charge in [-0.15, -0.1) is 0 Å². The molecule has 0 saturated carbocycles. The topological polar surface area (TPSA) is 67.0 Å². The van der Waals surface area contributed by atoms with Crippen LogP contribution in [-0.2, 0) is 4.79 Å². The van der Waals surface area contributed by atoms with Crippen molar-refractivity contribution >= 4 is 22.6 Å². The Morgan fingerprint density at radius 3 is 2.76 bits per heavy atom. The quantitative estimate of drug-likeness (QED) is 0.907. The Kier molecular flexibility index (Phi) is 4.11. The molecule has 21 heavy (non-hydrogen) atoms. The minimum absolute atomic E-state index is 0.00804. The number of ether oxygens (including phenoxy) is 1. The Labute approximate surface area is 120 Å². The van der Waals surface area contributed by atoms with Crippen LogP contribution in [0.2, 0.25) is 0 Å². The zero-order chi connectivity index (χ0) is 15.6. The second-order valence-corrected chi connectivity index (χ2v) is 5.92. The van der Waals surface area contributed by atoms with Gasteiger partial charge >= 0.3 is 6.61 Å². The Morgan fingerprint density at radius 2 is 2.14 bits per heavy atom. The van der Waals surface area contributed by atoms with Crippen molar-refractivity contribution in [2.45, 2.75) is 33.8 Å². The number of halogens is 2. The van der Waals surface area contributed by atoms with E-state index in [0.717, 1.165) is 0 Å². The van der Waals surface area contributed by atoms with Gasteiger partial charge in [0.25, 0.3) is 0 Å². The minimum Gasteiger partial charge on any atom is -0.433 e. The maximum atomic E-state index is 12.3. The van der Waals surface area contributed by atoms with E-state index in [9.17, 15) is 13.6 Å². The minimum atomic E-state index is -2.92. The zero-order valence-electron chi connectivity index (χ0n) is 12.0. The number of hydrogen-bond acceptors (Lipinski definition) is 3. The average Bonchev–Trinajstić information content (AvgIpc) is 2.70. The predicted molar refractivity (Wildman–Crippen MR) is 75.4 cm³/mol. The number of carbonyl (C=O) groups is 1. The third-order valence-electron chi connectivity index (χ3n) is 2.73. The molecule has 0 saturated heterocycles. The first-order valence-corrected chi connectivity index (χ1v) is 6.48. The van der Waals surface area contributed by atoms with Crippen LogP contribution in [-0.4, -0.2) is 22.7 Å². The van der Waals surface area contributed by atoms with Gasteiger partial charge in [-0.25, -0.2) is 0 Å². The van der Waals surface area contributed by atoms with Gasteiger partial charge < -0.3 is 10.1 Å². The number of fused-ring (bicyclic) bond motifs is 1. The maximum Gasteiger partial charge on any atom is 0.387 e. The first kappa shape index (κ1) is 15.2. The number of amides is 1. The molecule has 1 heterocycles. The van der Waals surface area contributed by atoms with Gasteiger partial charge in [-0.1, -0.05) is 26.8 Å². The lowest BCUT2D eigenvalue weighted by Gasteiger charge is -2.16. The summed E-state index contributed by atoms with van der Waals surface area (Å²) >= 11 is 0. The smallest absolute Gasteiger partial charge is 0.387 e. The van der Waals surface area contributed by atoms with Crippen molar-refractivity contribution < 1.29 is 18.3 Å². The van der Waals surface area contributed by atoms with Gasteiger partial charge in [-0.2, -0.15) is 13.9 Å². The van der Waals surface area contributed by atoms with Crippen molar-refractivity contribution in [3.8, 4) is 5.75 Å². The van der Waals surface area contributed by atoms with Gasteiger partial charge in [-0.05, 0) is 17.5 Å². The van der Waals surface area contributed by atoms with E-state index < -0.39 is 6.61 Å². The number of alkyl halides is 2. The van der Waals surface area contributed by atoms with Crippen LogP contribution in [0.15, 0.2) is 18.2 Å². The highest BCUT2D eigenvalue weighted by atomic mass is 19.3. The highest BCUT2D eigenvalue weighted by molar-refractivity contribution is 6.01. The largest absolute Gasteiger partial charge is 0.433 e. The number of benzene rings is 1. The molecule has 114 valence electrons. The van der Waals surface area contributed by atoms with Crippen molar-refractivity contribution in [2.75, 3.05) is 5.32 Å². The van der Waals surface area contributed by atoms with E-state index in [1.807, 2.05) is 20.8 Å². The first-order valence-electron chi connectivity index (χ1n) is 6.48. The number of nitrogens with one attached hydrogen (secondary N) is 2. The summed E-state index contributed by atoms with van der Waals surface area (Å²) in [5.41, 5.74) is 0.170. The van der Waals surface area contributed by atoms with E-state index in [2.05, 4.69) is 20.3 Å². The number of para-hydroxylation sites is 1. The summed E-state index contributed by atoms with van der Waals surface area (Å²) < 4.78 is 29.1. The fraction of sp³-hybridized carbons (Fsp3) is 0.429. The van der Waals surface area contributed by atoms with Gasteiger partial charge in [0.1, 0.15) is 5.52 Å². The summed E-state index contributed by atoms with van der Waals surface area (Å²) in [5.74, 6) is 0.112. The molecular weight excluding hydrogens is 280 g/mol. The third-order valence-corrected chi connectivity index (χ3v) is 2.73. The molecule has 2 N–H and O–H groups in total. The second-order valence-electron chi connectivity index (χ2n) is 5.92. The molecule has 2 rings (SSSR count). The van der Waals surface area contributed by atoms with E-state index >= 15 is 0 Å². The second kappa shape index (κ2) is 5.67. The fourth-order valence-electron chi connectivity index (χ4n) is 1.96.